The van der Waals surface area contributed by atoms with E-state index < -0.39 is 0 Å². The number of hydrogen-bond acceptors (Lipinski definition) is 4. The van der Waals surface area contributed by atoms with Crippen molar-refractivity contribution in [2.24, 2.45) is 0 Å². The van der Waals surface area contributed by atoms with Crippen LogP contribution in [-0.2, 0) is 0 Å². The molecule has 7 heteroatoms. The first-order valence-electron chi connectivity index (χ1n) is 47.3. The molecule has 0 amide bonds. The van der Waals surface area contributed by atoms with E-state index in [1.54, 1.807) is 0 Å². The van der Waals surface area contributed by atoms with E-state index in [1.165, 1.54) is 212 Å². The fourth-order valence-electron chi connectivity index (χ4n) is 24.0. The summed E-state index contributed by atoms with van der Waals surface area (Å²) in [5.41, 5.74) is 26.3. The Balaban J connectivity index is 0.000000100. The van der Waals surface area contributed by atoms with Crippen molar-refractivity contribution in [3.63, 3.8) is 0 Å². The number of fused-ring (bicyclic) bond motifs is 1. The molecule has 4 aromatic heterocycles. The lowest BCUT2D eigenvalue weighted by atomic mass is 9.86. The normalized spacial score (nSPS) is 12.0. The first kappa shape index (κ1) is 77.5. The highest BCUT2D eigenvalue weighted by Crippen LogP contribution is 2.53. The minimum atomic E-state index is 0.669. The Bertz CT molecular complexity index is 10300. The summed E-state index contributed by atoms with van der Waals surface area (Å²) in [4.78, 5) is 4.68. The van der Waals surface area contributed by atoms with Crippen LogP contribution in [0.1, 0.15) is 16.7 Å². The van der Waals surface area contributed by atoms with Crippen LogP contribution in [0.2, 0.25) is 0 Å². The number of para-hydroxylation sites is 3. The third-order valence-electron chi connectivity index (χ3n) is 29.9. The van der Waals surface area contributed by atoms with Gasteiger partial charge in [-0.25, -0.2) is 0 Å². The topological polar surface area (TPSA) is 99.0 Å². The van der Waals surface area contributed by atoms with E-state index >= 15 is 0 Å². The Morgan fingerprint density at radius 1 is 0.165 bits per heavy atom. The lowest BCUT2D eigenvalue weighted by Gasteiger charge is -2.17. The summed E-state index contributed by atoms with van der Waals surface area (Å²) in [6.07, 6.45) is 1.86. The van der Waals surface area contributed by atoms with Gasteiger partial charge in [-0.1, -0.05) is 315 Å². The molecule has 0 radical (unpaired) electrons. The van der Waals surface area contributed by atoms with Crippen molar-refractivity contribution in [2.45, 2.75) is 0 Å². The third kappa shape index (κ3) is 11.6. The molecule has 0 aliphatic rings. The predicted molar refractivity (Wildman–Crippen MR) is 582 cm³/mol. The molecule has 0 unspecified atom stereocenters. The first-order chi connectivity index (χ1) is 68.8. The highest BCUT2D eigenvalue weighted by atomic mass is 15.0. The highest BCUT2D eigenvalue weighted by Gasteiger charge is 2.28. The Kier molecular flexibility index (Phi) is 16.7. The number of aromatic nitrogens is 4. The van der Waals surface area contributed by atoms with Gasteiger partial charge in [-0.3, -0.25) is 4.98 Å². The quantitative estimate of drug-likeness (QED) is 0.134. The summed E-state index contributed by atoms with van der Waals surface area (Å²) < 4.78 is 6.99. The van der Waals surface area contributed by atoms with Crippen LogP contribution in [0.5, 0.6) is 0 Å². The van der Waals surface area contributed by atoms with Crippen LogP contribution >= 0.6 is 0 Å². The molecular weight excluding hydrogens is 1680 g/mol. The van der Waals surface area contributed by atoms with Gasteiger partial charge in [0.15, 0.2) is 0 Å². The molecular formula is C132H73N7. The zero-order valence-electron chi connectivity index (χ0n) is 74.8. The number of nitrogens with zero attached hydrogens (tertiary/aromatic N) is 7. The van der Waals surface area contributed by atoms with Gasteiger partial charge in [0.1, 0.15) is 0 Å². The lowest BCUT2D eigenvalue weighted by Crippen LogP contribution is -1.94. The van der Waals surface area contributed by atoms with Crippen molar-refractivity contribution in [3.05, 3.63) is 460 Å². The van der Waals surface area contributed by atoms with Gasteiger partial charge in [0, 0.05) is 61.1 Å². The number of nitriles is 3. The maximum absolute atomic E-state index is 9.92. The number of benzene rings is 27. The molecule has 0 N–H and O–H groups in total. The van der Waals surface area contributed by atoms with Crippen LogP contribution < -0.4 is 0 Å². The molecule has 0 spiro atoms. The van der Waals surface area contributed by atoms with Gasteiger partial charge in [-0.15, -0.1) is 0 Å². The molecule has 0 aliphatic carbocycles. The first-order valence-corrected chi connectivity index (χ1v) is 47.3. The average molecular weight is 1760 g/mol. The third-order valence-corrected chi connectivity index (χ3v) is 29.9. The fraction of sp³-hybridized carbons (Fsp3) is 0. The number of pyridine rings is 1. The summed E-state index contributed by atoms with van der Waals surface area (Å²) >= 11 is 0. The zero-order valence-corrected chi connectivity index (χ0v) is 74.8. The van der Waals surface area contributed by atoms with E-state index in [1.807, 2.05) is 66.9 Å². The fourth-order valence-corrected chi connectivity index (χ4v) is 24.0. The maximum Gasteiger partial charge on any atom is 0.0992 e. The lowest BCUT2D eigenvalue weighted by molar-refractivity contribution is 1.18. The van der Waals surface area contributed by atoms with E-state index in [-0.39, 0.29) is 0 Å². The molecule has 0 bridgehead atoms. The van der Waals surface area contributed by atoms with Gasteiger partial charge in [0.2, 0.25) is 0 Å². The molecule has 7 nitrogen and oxygen atoms in total. The average Bonchev–Trinajstić information content (AvgIpc) is 0.821. The highest BCUT2D eigenvalue weighted by molar-refractivity contribution is 6.34. The van der Waals surface area contributed by atoms with Crippen molar-refractivity contribution < 1.29 is 0 Å². The van der Waals surface area contributed by atoms with Gasteiger partial charge in [-0.2, -0.15) is 15.8 Å². The van der Waals surface area contributed by atoms with Crippen LogP contribution in [-0.4, -0.2) is 18.7 Å². The Morgan fingerprint density at radius 2 is 0.432 bits per heavy atom. The Hall–Kier alpha value is -19.1. The predicted octanol–water partition coefficient (Wildman–Crippen LogP) is 35.0. The van der Waals surface area contributed by atoms with Gasteiger partial charge >= 0.3 is 0 Å². The molecule has 0 fully saturated rings. The van der Waals surface area contributed by atoms with Crippen molar-refractivity contribution in [2.75, 3.05) is 0 Å². The van der Waals surface area contributed by atoms with E-state index in [9.17, 15) is 15.8 Å². The summed E-state index contributed by atoms with van der Waals surface area (Å²) in [6, 6.07) is 165. The van der Waals surface area contributed by atoms with Crippen molar-refractivity contribution in [1.82, 2.24) is 18.7 Å². The minimum Gasteiger partial charge on any atom is -0.309 e. The second-order valence-corrected chi connectivity index (χ2v) is 37.2. The molecule has 27 aromatic carbocycles. The van der Waals surface area contributed by atoms with Crippen LogP contribution in [0.3, 0.4) is 0 Å². The monoisotopic (exact) mass is 1760 g/mol. The van der Waals surface area contributed by atoms with E-state index in [0.717, 1.165) is 77.6 Å². The molecule has 31 aromatic rings. The van der Waals surface area contributed by atoms with E-state index in [0.29, 0.717) is 16.7 Å². The second kappa shape index (κ2) is 30.0. The summed E-state index contributed by atoms with van der Waals surface area (Å²) in [5.74, 6) is 0. The van der Waals surface area contributed by atoms with Gasteiger partial charge in [0.25, 0.3) is 0 Å². The molecule has 636 valence electrons. The molecule has 0 saturated heterocycles. The SMILES string of the molecule is N#Cc1cc2ccc3cc(-c4ccc5ccc6c(-c7cccc8ccccc78)ccc7ccc4c5c76)cc4c3c2c(c1)n4-c1ccccc1.N#Cc1cc2ccc3cc(-c4ccc5ccc6c(-c7ccccc7)ccc7ccc4c5c76)cc4c3c2c(c1)n4-c1ccccc1.N#Cc1cc2ccc3cc(-c4ccc5ccc6c(-c7ccccn7)ccc7ccc4c5c76)cc4c3c2c(c1)n4-c1ccccc1. The molecule has 139 heavy (non-hydrogen) atoms. The van der Waals surface area contributed by atoms with Crippen LogP contribution in [0, 0.1) is 34.0 Å². The van der Waals surface area contributed by atoms with Gasteiger partial charge in [-0.05, 0) is 317 Å². The van der Waals surface area contributed by atoms with Crippen LogP contribution in [0.25, 0.3) is 289 Å². The minimum absolute atomic E-state index is 0.669. The molecule has 0 saturated carbocycles. The van der Waals surface area contributed by atoms with Gasteiger partial charge < -0.3 is 13.7 Å². The largest absolute Gasteiger partial charge is 0.309 e. The van der Waals surface area contributed by atoms with Crippen LogP contribution in [0.4, 0.5) is 0 Å². The van der Waals surface area contributed by atoms with E-state index in [2.05, 4.69) is 413 Å². The molecule has 0 atom stereocenters. The second-order valence-electron chi connectivity index (χ2n) is 37.2. The van der Waals surface area contributed by atoms with Gasteiger partial charge in [0.05, 0.1) is 73.7 Å². The van der Waals surface area contributed by atoms with Crippen molar-refractivity contribution >= 4 is 205 Å². The smallest absolute Gasteiger partial charge is 0.0992 e. The molecule has 31 rings (SSSR count). The zero-order chi connectivity index (χ0) is 91.5. The van der Waals surface area contributed by atoms with E-state index in [4.69, 9.17) is 0 Å². The Morgan fingerprint density at radius 3 is 0.784 bits per heavy atom. The number of hydrogen-bond donors (Lipinski definition) is 0. The summed E-state index contributed by atoms with van der Waals surface area (Å²) in [6.45, 7) is 0. The number of rotatable bonds is 9. The Labute approximate surface area is 796 Å². The molecule has 4 heterocycles. The standard InChI is InChI=1S/C47H26N2.C43H24N2.C42H23N3/c48-27-28-23-32-13-14-33-25-34(26-43-47(33)46(32)42(24-28)49(43)35-9-2-1-3-10-35)37-19-15-30-18-22-41-39(20-16-31-17-21-40(37)44(30)45(31)41)38-12-6-8-29-7-4-5-11-36(29)38;44-25-26-21-30-11-12-31-23-32(24-39-43(31)42(30)38(22-26)45(39)33-9-5-2-6-10-33)35-18-14-29-15-19-36-34(27-7-3-1-4-8-27)17-13-28-16-20-37(35)41(29)40(28)36;43-24-25-20-28-9-10-29-22-30(23-38-42(29)41(28)37(21-25)45(38)31-6-2-1-3-7-31)32-15-11-26-14-18-35-33(36-8-4-5-19-44-36)16-12-27-13-17-34(32)39(26)40(27)35/h1-26H;1-24H;1-23H. The maximum atomic E-state index is 9.92. The summed E-state index contributed by atoms with van der Waals surface area (Å²) in [5, 5.41) is 69.3. The van der Waals surface area contributed by atoms with Crippen molar-refractivity contribution in [1.29, 1.82) is 15.8 Å². The molecule has 0 aliphatic heterocycles. The summed E-state index contributed by atoms with van der Waals surface area (Å²) in [7, 11) is 0. The van der Waals surface area contributed by atoms with Crippen LogP contribution in [0.15, 0.2) is 443 Å². The van der Waals surface area contributed by atoms with Crippen molar-refractivity contribution in [3.8, 4) is 102 Å².